The first-order valence-corrected chi connectivity index (χ1v) is 9.85. The Morgan fingerprint density at radius 2 is 1.83 bits per heavy atom. The minimum atomic E-state index is -0.962. The summed E-state index contributed by atoms with van der Waals surface area (Å²) >= 11 is 0. The van der Waals surface area contributed by atoms with Crippen molar-refractivity contribution >= 4 is 5.91 Å². The molecule has 4 rings (SSSR count). The van der Waals surface area contributed by atoms with Crippen molar-refractivity contribution in [3.05, 3.63) is 59.5 Å². The molecule has 0 fully saturated rings. The van der Waals surface area contributed by atoms with Crippen molar-refractivity contribution in [3.8, 4) is 22.6 Å². The van der Waals surface area contributed by atoms with Crippen LogP contribution in [0.2, 0.25) is 0 Å². The molecule has 0 bridgehead atoms. The van der Waals surface area contributed by atoms with Gasteiger partial charge in [0.1, 0.15) is 0 Å². The molecule has 1 aliphatic rings. The van der Waals surface area contributed by atoms with E-state index in [0.717, 1.165) is 27.8 Å². The smallest absolute Gasteiger partial charge is 0.255 e. The molecule has 1 unspecified atom stereocenters. The van der Waals surface area contributed by atoms with Gasteiger partial charge in [0.15, 0.2) is 0 Å². The van der Waals surface area contributed by atoms with Gasteiger partial charge in [-0.2, -0.15) is 0 Å². The summed E-state index contributed by atoms with van der Waals surface area (Å²) in [4.78, 5) is 15.1. The van der Waals surface area contributed by atoms with Gasteiger partial charge in [-0.3, -0.25) is 4.79 Å². The van der Waals surface area contributed by atoms with Gasteiger partial charge < -0.3 is 14.4 Å². The monoisotopic (exact) mass is 391 g/mol. The van der Waals surface area contributed by atoms with Gasteiger partial charge in [0.25, 0.3) is 5.91 Å². The maximum absolute atomic E-state index is 13.3. The summed E-state index contributed by atoms with van der Waals surface area (Å²) in [6.07, 6.45) is 0.691. The fourth-order valence-corrected chi connectivity index (χ4v) is 4.18. The van der Waals surface area contributed by atoms with E-state index < -0.39 is 5.60 Å². The molecule has 2 heterocycles. The van der Waals surface area contributed by atoms with Crippen LogP contribution < -0.4 is 0 Å². The third kappa shape index (κ3) is 3.44. The van der Waals surface area contributed by atoms with Crippen LogP contribution in [-0.4, -0.2) is 37.8 Å². The fraction of sp³-hybridized carbons (Fsp3) is 0.348. The van der Waals surface area contributed by atoms with E-state index >= 15 is 0 Å². The molecule has 0 spiro atoms. The number of hydrogen-bond donors (Lipinski definition) is 1. The molecule has 0 radical (unpaired) electrons. The van der Waals surface area contributed by atoms with Gasteiger partial charge in [0.05, 0.1) is 17.2 Å². The van der Waals surface area contributed by atoms with Gasteiger partial charge in [0, 0.05) is 19.0 Å². The second-order valence-corrected chi connectivity index (χ2v) is 8.05. The zero-order valence-corrected chi connectivity index (χ0v) is 17.1. The van der Waals surface area contributed by atoms with Gasteiger partial charge in [-0.25, -0.2) is 0 Å². The Bertz CT molecular complexity index is 1050. The average Bonchev–Trinajstić information content (AvgIpc) is 3.25. The van der Waals surface area contributed by atoms with Crippen LogP contribution in [0.3, 0.4) is 0 Å². The van der Waals surface area contributed by atoms with Crippen LogP contribution in [0.15, 0.2) is 46.9 Å². The van der Waals surface area contributed by atoms with E-state index in [1.165, 1.54) is 0 Å². The topological polar surface area (TPSA) is 79.5 Å². The number of aliphatic hydroxyl groups is 1. The molecule has 1 aromatic heterocycles. The molecule has 1 atom stereocenters. The van der Waals surface area contributed by atoms with Crippen molar-refractivity contribution in [2.24, 2.45) is 0 Å². The standard InChI is InChI=1S/C23H25N3O3/c1-5-19(23(3,4)28)26-13-17-7-6-8-18(20(17)22(26)27)15-9-11-16(12-10-15)21-25-24-14(2)29-21/h6-12,19,28H,5,13H2,1-4H3. The van der Waals surface area contributed by atoms with Crippen LogP contribution in [0.5, 0.6) is 0 Å². The second kappa shape index (κ2) is 7.12. The molecule has 1 aliphatic heterocycles. The highest BCUT2D eigenvalue weighted by molar-refractivity contribution is 6.04. The third-order valence-corrected chi connectivity index (χ3v) is 5.51. The van der Waals surface area contributed by atoms with E-state index in [1.54, 1.807) is 25.7 Å². The molecule has 0 saturated heterocycles. The molecule has 29 heavy (non-hydrogen) atoms. The summed E-state index contributed by atoms with van der Waals surface area (Å²) in [5.41, 5.74) is 3.43. The number of carbonyl (C=O) groups is 1. The van der Waals surface area contributed by atoms with Gasteiger partial charge in [0.2, 0.25) is 11.8 Å². The summed E-state index contributed by atoms with van der Waals surface area (Å²) in [6.45, 7) is 7.79. The highest BCUT2D eigenvalue weighted by Crippen LogP contribution is 2.36. The zero-order valence-electron chi connectivity index (χ0n) is 17.1. The summed E-state index contributed by atoms with van der Waals surface area (Å²) in [6, 6.07) is 13.5. The first-order valence-electron chi connectivity index (χ1n) is 9.85. The van der Waals surface area contributed by atoms with E-state index in [9.17, 15) is 9.90 Å². The first-order chi connectivity index (χ1) is 13.8. The Morgan fingerprint density at radius 1 is 1.14 bits per heavy atom. The van der Waals surface area contributed by atoms with Crippen molar-refractivity contribution in [1.82, 2.24) is 15.1 Å². The predicted molar refractivity (Wildman–Crippen MR) is 110 cm³/mol. The highest BCUT2D eigenvalue weighted by Gasteiger charge is 2.39. The lowest BCUT2D eigenvalue weighted by Gasteiger charge is -2.36. The van der Waals surface area contributed by atoms with Crippen LogP contribution >= 0.6 is 0 Å². The maximum Gasteiger partial charge on any atom is 0.255 e. The number of carbonyl (C=O) groups excluding carboxylic acids is 1. The minimum Gasteiger partial charge on any atom is -0.421 e. The number of nitrogens with zero attached hydrogens (tertiary/aromatic N) is 3. The van der Waals surface area contributed by atoms with Crippen LogP contribution in [0.1, 0.15) is 49.0 Å². The van der Waals surface area contributed by atoms with E-state index in [2.05, 4.69) is 10.2 Å². The van der Waals surface area contributed by atoms with Crippen LogP contribution in [0.25, 0.3) is 22.6 Å². The lowest BCUT2D eigenvalue weighted by Crippen LogP contribution is -2.49. The number of fused-ring (bicyclic) bond motifs is 1. The summed E-state index contributed by atoms with van der Waals surface area (Å²) in [7, 11) is 0. The predicted octanol–water partition coefficient (Wildman–Crippen LogP) is 4.22. The fourth-order valence-electron chi connectivity index (χ4n) is 4.18. The number of amides is 1. The number of aryl methyl sites for hydroxylation is 1. The van der Waals surface area contributed by atoms with E-state index in [4.69, 9.17) is 4.42 Å². The number of hydrogen-bond acceptors (Lipinski definition) is 5. The lowest BCUT2D eigenvalue weighted by atomic mass is 9.94. The maximum atomic E-state index is 13.3. The SMILES string of the molecule is CCC(N1Cc2cccc(-c3ccc(-c4nnc(C)o4)cc3)c2C1=O)C(C)(C)O. The Balaban J connectivity index is 1.69. The average molecular weight is 391 g/mol. The highest BCUT2D eigenvalue weighted by atomic mass is 16.4. The Labute approximate surface area is 170 Å². The third-order valence-electron chi connectivity index (χ3n) is 5.51. The van der Waals surface area contributed by atoms with E-state index in [-0.39, 0.29) is 11.9 Å². The van der Waals surface area contributed by atoms with Crippen LogP contribution in [0.4, 0.5) is 0 Å². The Morgan fingerprint density at radius 3 is 2.41 bits per heavy atom. The molecule has 3 aromatic rings. The molecular weight excluding hydrogens is 366 g/mol. The molecule has 6 heteroatoms. The number of benzene rings is 2. The molecule has 0 aliphatic carbocycles. The minimum absolute atomic E-state index is 0.0267. The van der Waals surface area contributed by atoms with E-state index in [1.807, 2.05) is 49.4 Å². The Hall–Kier alpha value is -2.99. The van der Waals surface area contributed by atoms with Crippen molar-refractivity contribution in [1.29, 1.82) is 0 Å². The van der Waals surface area contributed by atoms with Gasteiger partial charge in [-0.1, -0.05) is 37.3 Å². The quantitative estimate of drug-likeness (QED) is 0.704. The second-order valence-electron chi connectivity index (χ2n) is 8.05. The normalized spacial score (nSPS) is 14.9. The van der Waals surface area contributed by atoms with Gasteiger partial charge in [-0.05, 0) is 49.1 Å². The molecule has 2 aromatic carbocycles. The lowest BCUT2D eigenvalue weighted by molar-refractivity contribution is -0.0150. The molecule has 6 nitrogen and oxygen atoms in total. The Kier molecular flexibility index (Phi) is 4.74. The van der Waals surface area contributed by atoms with Crippen molar-refractivity contribution in [2.75, 3.05) is 0 Å². The largest absolute Gasteiger partial charge is 0.421 e. The van der Waals surface area contributed by atoms with Crippen molar-refractivity contribution in [3.63, 3.8) is 0 Å². The number of rotatable bonds is 5. The summed E-state index contributed by atoms with van der Waals surface area (Å²) in [5, 5.41) is 18.5. The first kappa shape index (κ1) is 19.3. The molecule has 1 N–H and O–H groups in total. The van der Waals surface area contributed by atoms with E-state index in [0.29, 0.717) is 24.7 Å². The van der Waals surface area contributed by atoms with Gasteiger partial charge in [-0.15, -0.1) is 10.2 Å². The van der Waals surface area contributed by atoms with Crippen LogP contribution in [-0.2, 0) is 6.54 Å². The molecule has 0 saturated carbocycles. The summed E-state index contributed by atoms with van der Waals surface area (Å²) < 4.78 is 5.48. The molecular formula is C23H25N3O3. The molecule has 1 amide bonds. The number of aromatic nitrogens is 2. The van der Waals surface area contributed by atoms with Crippen LogP contribution in [0, 0.1) is 6.92 Å². The zero-order chi connectivity index (χ0) is 20.8. The molecule has 150 valence electrons. The van der Waals surface area contributed by atoms with Crippen molar-refractivity contribution < 1.29 is 14.3 Å². The van der Waals surface area contributed by atoms with Crippen molar-refractivity contribution in [2.45, 2.75) is 52.3 Å². The summed E-state index contributed by atoms with van der Waals surface area (Å²) in [5.74, 6) is 0.972. The van der Waals surface area contributed by atoms with Gasteiger partial charge >= 0.3 is 0 Å².